The standard InChI is InChI=1S/C68H46N2Si/c1-5-21-47(22-6-1)69-59-35-17-15-29-51(59)57-43-45(39-41-61(57)69)46-40-42-62-58(44-46)52-30-16-18-36-60(52)70(62)63-37-19-33-55-65-53-31-13-14-32-54(53)68(66(55)63)67-56(65)34-20-38-64(67)71(48-23-7-2-8-24-48,49-25-9-3-10-26-49)50-27-11-4-12-28-50/h1-44,65,68H. The van der Waals surface area contributed by atoms with E-state index in [1.165, 1.54) is 120 Å². The summed E-state index contributed by atoms with van der Waals surface area (Å²) in [5, 5.41) is 10.7. The van der Waals surface area contributed by atoms with Crippen molar-refractivity contribution in [3.05, 3.63) is 300 Å². The molecule has 0 fully saturated rings. The first-order valence-corrected chi connectivity index (χ1v) is 26.9. The zero-order valence-electron chi connectivity index (χ0n) is 39.0. The summed E-state index contributed by atoms with van der Waals surface area (Å²) in [6.07, 6.45) is 0. The number of aromatic nitrogens is 2. The second kappa shape index (κ2) is 15.6. The molecule has 0 spiro atoms. The third kappa shape index (κ3) is 5.70. The van der Waals surface area contributed by atoms with Crippen LogP contribution in [-0.4, -0.2) is 17.2 Å². The summed E-state index contributed by atoms with van der Waals surface area (Å²) >= 11 is 0. The quantitative estimate of drug-likeness (QED) is 0.111. The lowest BCUT2D eigenvalue weighted by molar-refractivity contribution is 0.752. The van der Waals surface area contributed by atoms with Gasteiger partial charge in [-0.3, -0.25) is 0 Å². The molecule has 2 atom stereocenters. The van der Waals surface area contributed by atoms with Crippen molar-refractivity contribution in [3.8, 4) is 22.5 Å². The highest BCUT2D eigenvalue weighted by Gasteiger charge is 2.50. The summed E-state index contributed by atoms with van der Waals surface area (Å²) in [5.74, 6) is 0.106. The lowest BCUT2D eigenvalue weighted by atomic mass is 9.60. The second-order valence-corrected chi connectivity index (χ2v) is 23.2. The van der Waals surface area contributed by atoms with Gasteiger partial charge in [-0.1, -0.05) is 212 Å². The van der Waals surface area contributed by atoms with Gasteiger partial charge in [0.1, 0.15) is 0 Å². The average Bonchev–Trinajstić information content (AvgIpc) is 3.96. The van der Waals surface area contributed by atoms with Gasteiger partial charge in [0.25, 0.3) is 0 Å². The monoisotopic (exact) mass is 918 g/mol. The third-order valence-corrected chi connectivity index (χ3v) is 20.9. The van der Waals surface area contributed by atoms with E-state index in [1.807, 2.05) is 0 Å². The van der Waals surface area contributed by atoms with E-state index < -0.39 is 8.07 Å². The summed E-state index contributed by atoms with van der Waals surface area (Å²) in [7, 11) is -2.93. The van der Waals surface area contributed by atoms with E-state index in [-0.39, 0.29) is 11.8 Å². The topological polar surface area (TPSA) is 9.86 Å². The number of fused-ring (bicyclic) bond motifs is 6. The van der Waals surface area contributed by atoms with E-state index in [1.54, 1.807) is 0 Å². The highest BCUT2D eigenvalue weighted by atomic mass is 28.3. The third-order valence-electron chi connectivity index (χ3n) is 16.0. The Balaban J connectivity index is 0.963. The van der Waals surface area contributed by atoms with E-state index in [0.29, 0.717) is 0 Å². The number of hydrogen-bond donors (Lipinski definition) is 0. The molecule has 2 unspecified atom stereocenters. The molecule has 332 valence electrons. The van der Waals surface area contributed by atoms with Gasteiger partial charge in [0.15, 0.2) is 8.07 Å². The molecule has 3 aliphatic rings. The van der Waals surface area contributed by atoms with Crippen LogP contribution in [0.2, 0.25) is 0 Å². The fourth-order valence-electron chi connectivity index (χ4n) is 13.3. The van der Waals surface area contributed by atoms with Gasteiger partial charge < -0.3 is 9.13 Å². The Hall–Kier alpha value is -8.76. The first-order valence-electron chi connectivity index (χ1n) is 24.9. The Morgan fingerprint density at radius 3 is 1.28 bits per heavy atom. The average molecular weight is 919 g/mol. The Kier molecular flexibility index (Phi) is 8.84. The zero-order chi connectivity index (χ0) is 46.6. The van der Waals surface area contributed by atoms with Crippen LogP contribution in [0.15, 0.2) is 267 Å². The number of hydrogen-bond acceptors (Lipinski definition) is 0. The van der Waals surface area contributed by atoms with Gasteiger partial charge in [0.2, 0.25) is 0 Å². The van der Waals surface area contributed by atoms with Crippen LogP contribution in [0.3, 0.4) is 0 Å². The maximum atomic E-state index is 2.59. The van der Waals surface area contributed by atoms with Gasteiger partial charge in [0.05, 0.1) is 27.8 Å². The van der Waals surface area contributed by atoms with Gasteiger partial charge in [-0.15, -0.1) is 0 Å². The summed E-state index contributed by atoms with van der Waals surface area (Å²) in [6, 6.07) is 101. The van der Waals surface area contributed by atoms with Crippen molar-refractivity contribution in [1.82, 2.24) is 9.13 Å². The first-order chi connectivity index (χ1) is 35.3. The van der Waals surface area contributed by atoms with Crippen molar-refractivity contribution >= 4 is 72.4 Å². The maximum absolute atomic E-state index is 2.93. The molecule has 2 bridgehead atoms. The van der Waals surface area contributed by atoms with Gasteiger partial charge in [-0.05, 0) is 120 Å². The lowest BCUT2D eigenvalue weighted by Crippen LogP contribution is -2.75. The molecule has 0 N–H and O–H groups in total. The molecule has 2 aromatic heterocycles. The maximum Gasteiger partial charge on any atom is 0.179 e. The molecule has 0 aliphatic heterocycles. The Morgan fingerprint density at radius 1 is 0.282 bits per heavy atom. The summed E-state index contributed by atoms with van der Waals surface area (Å²) in [4.78, 5) is 0. The first kappa shape index (κ1) is 40.2. The Morgan fingerprint density at radius 2 is 0.704 bits per heavy atom. The van der Waals surface area contributed by atoms with Crippen molar-refractivity contribution in [3.63, 3.8) is 0 Å². The Bertz CT molecular complexity index is 4130. The van der Waals surface area contributed by atoms with Gasteiger partial charge >= 0.3 is 0 Å². The van der Waals surface area contributed by atoms with Gasteiger partial charge in [-0.2, -0.15) is 0 Å². The summed E-state index contributed by atoms with van der Waals surface area (Å²) in [5.41, 5.74) is 18.3. The van der Waals surface area contributed by atoms with Crippen LogP contribution in [0.25, 0.3) is 66.1 Å². The van der Waals surface area contributed by atoms with Crippen LogP contribution in [0, 0.1) is 0 Å². The minimum Gasteiger partial charge on any atom is -0.309 e. The number of para-hydroxylation sites is 3. The second-order valence-electron chi connectivity index (χ2n) is 19.4. The van der Waals surface area contributed by atoms with Crippen molar-refractivity contribution in [2.75, 3.05) is 0 Å². The normalized spacial score (nSPS) is 14.8. The smallest absolute Gasteiger partial charge is 0.179 e. The predicted octanol–water partition coefficient (Wildman–Crippen LogP) is 13.9. The minimum absolute atomic E-state index is 0.0110. The minimum atomic E-state index is -2.93. The largest absolute Gasteiger partial charge is 0.309 e. The van der Waals surface area contributed by atoms with Crippen LogP contribution in [0.5, 0.6) is 0 Å². The van der Waals surface area contributed by atoms with E-state index in [4.69, 9.17) is 0 Å². The molecule has 11 aromatic carbocycles. The van der Waals surface area contributed by atoms with Crippen LogP contribution < -0.4 is 20.7 Å². The molecule has 13 aromatic rings. The van der Waals surface area contributed by atoms with Crippen molar-refractivity contribution in [2.45, 2.75) is 11.8 Å². The molecule has 71 heavy (non-hydrogen) atoms. The molecule has 3 aliphatic carbocycles. The molecule has 2 nitrogen and oxygen atoms in total. The number of rotatable bonds is 7. The van der Waals surface area contributed by atoms with Crippen molar-refractivity contribution in [2.24, 2.45) is 0 Å². The van der Waals surface area contributed by atoms with E-state index in [0.717, 1.165) is 0 Å². The van der Waals surface area contributed by atoms with E-state index in [2.05, 4.69) is 276 Å². The molecule has 2 heterocycles. The SMILES string of the molecule is c1ccc(-n2c3ccccc3c3cc(-c4ccc5c(c4)c4ccccc4n5-c4cccc5c4C4c6ccccc6C5c5cccc([Si](c6ccccc6)(c6ccccc6)c6ccccc6)c54)ccc32)cc1. The van der Waals surface area contributed by atoms with E-state index >= 15 is 0 Å². The fraction of sp³-hybridized carbons (Fsp3) is 0.0294. The summed E-state index contributed by atoms with van der Waals surface area (Å²) in [6.45, 7) is 0. The van der Waals surface area contributed by atoms with Crippen molar-refractivity contribution < 1.29 is 0 Å². The van der Waals surface area contributed by atoms with Crippen LogP contribution in [0.1, 0.15) is 45.2 Å². The summed E-state index contributed by atoms with van der Waals surface area (Å²) < 4.78 is 4.98. The molecular weight excluding hydrogens is 873 g/mol. The Labute approximate surface area is 414 Å². The van der Waals surface area contributed by atoms with Gasteiger partial charge in [-0.25, -0.2) is 0 Å². The molecule has 0 saturated carbocycles. The lowest BCUT2D eigenvalue weighted by Gasteiger charge is -2.46. The molecule has 0 saturated heterocycles. The van der Waals surface area contributed by atoms with E-state index in [9.17, 15) is 0 Å². The van der Waals surface area contributed by atoms with Crippen LogP contribution in [0.4, 0.5) is 0 Å². The predicted molar refractivity (Wildman–Crippen MR) is 299 cm³/mol. The van der Waals surface area contributed by atoms with Crippen LogP contribution in [-0.2, 0) is 0 Å². The fourth-order valence-corrected chi connectivity index (χ4v) is 18.3. The zero-order valence-corrected chi connectivity index (χ0v) is 40.0. The number of benzene rings is 11. The molecule has 16 rings (SSSR count). The molecular formula is C68H46N2Si. The molecule has 0 amide bonds. The van der Waals surface area contributed by atoms with Gasteiger partial charge in [0, 0.05) is 39.1 Å². The highest BCUT2D eigenvalue weighted by molar-refractivity contribution is 7.20. The number of nitrogens with zero attached hydrogens (tertiary/aromatic N) is 2. The highest BCUT2D eigenvalue weighted by Crippen LogP contribution is 2.57. The van der Waals surface area contributed by atoms with Crippen LogP contribution >= 0.6 is 0 Å². The van der Waals surface area contributed by atoms with Crippen molar-refractivity contribution in [1.29, 1.82) is 0 Å². The molecule has 3 heteroatoms. The molecule has 0 radical (unpaired) electrons.